The van der Waals surface area contributed by atoms with E-state index in [-0.39, 0.29) is 7.92 Å². The first kappa shape index (κ1) is 24.1. The Bertz CT molecular complexity index is 919. The van der Waals surface area contributed by atoms with E-state index in [1.165, 1.54) is 47.9 Å². The number of hydrogen-bond acceptors (Lipinski definition) is 0. The monoisotopic (exact) mass is 465 g/mol. The lowest BCUT2D eigenvalue weighted by molar-refractivity contribution is 0.158. The molecule has 3 aliphatic carbocycles. The molecule has 0 aromatic heterocycles. The van der Waals surface area contributed by atoms with E-state index in [4.69, 9.17) is 0 Å². The highest BCUT2D eigenvalue weighted by Crippen LogP contribution is 2.58. The summed E-state index contributed by atoms with van der Waals surface area (Å²) < 4.78 is 0. The molecular formula is C33H38P. The molecule has 5 rings (SSSR count). The van der Waals surface area contributed by atoms with E-state index in [1.807, 2.05) is 0 Å². The third-order valence-corrected chi connectivity index (χ3v) is 10.6. The highest BCUT2D eigenvalue weighted by molar-refractivity contribution is 7.73. The summed E-state index contributed by atoms with van der Waals surface area (Å²) in [6.45, 7) is 7.34. The molecule has 5 radical (unpaired) electrons. The van der Waals surface area contributed by atoms with Crippen LogP contribution in [0.5, 0.6) is 0 Å². The molecule has 1 heteroatoms. The summed E-state index contributed by atoms with van der Waals surface area (Å²) in [6, 6.07) is 22.3. The summed E-state index contributed by atoms with van der Waals surface area (Å²) in [4.78, 5) is 0. The Morgan fingerprint density at radius 1 is 0.824 bits per heavy atom. The molecule has 34 heavy (non-hydrogen) atoms. The van der Waals surface area contributed by atoms with Crippen LogP contribution in [-0.2, 0) is 0 Å². The molecule has 3 atom stereocenters. The Morgan fingerprint density at radius 2 is 1.44 bits per heavy atom. The van der Waals surface area contributed by atoms with Gasteiger partial charge in [-0.2, -0.15) is 0 Å². The molecule has 0 spiro atoms. The van der Waals surface area contributed by atoms with Gasteiger partial charge in [-0.25, -0.2) is 0 Å². The van der Waals surface area contributed by atoms with Crippen LogP contribution in [0.15, 0.2) is 85.0 Å². The zero-order chi connectivity index (χ0) is 23.5. The van der Waals surface area contributed by atoms with Crippen molar-refractivity contribution in [3.05, 3.63) is 115 Å². The second kappa shape index (κ2) is 11.0. The molecule has 0 amide bonds. The molecule has 0 nitrogen and oxygen atoms in total. The molecule has 2 aromatic rings. The number of allylic oxidation sites excluding steroid dienone is 4. The van der Waals surface area contributed by atoms with Gasteiger partial charge in [-0.15, -0.1) is 0 Å². The van der Waals surface area contributed by atoms with Crippen molar-refractivity contribution in [3.63, 3.8) is 0 Å². The quantitative estimate of drug-likeness (QED) is 0.365. The van der Waals surface area contributed by atoms with Crippen molar-refractivity contribution in [2.75, 3.05) is 6.16 Å². The molecule has 175 valence electrons. The predicted molar refractivity (Wildman–Crippen MR) is 149 cm³/mol. The molecule has 2 fully saturated rings. The van der Waals surface area contributed by atoms with Gasteiger partial charge in [0.2, 0.25) is 0 Å². The fraction of sp³-hybridized carbons (Fsp3) is 0.364. The number of fused-ring (bicyclic) bond motifs is 1. The van der Waals surface area contributed by atoms with E-state index >= 15 is 0 Å². The number of hydrogen-bond donors (Lipinski definition) is 0. The van der Waals surface area contributed by atoms with Crippen LogP contribution < -0.4 is 10.6 Å². The van der Waals surface area contributed by atoms with Gasteiger partial charge in [0.1, 0.15) is 0 Å². The van der Waals surface area contributed by atoms with Gasteiger partial charge < -0.3 is 0 Å². The van der Waals surface area contributed by atoms with Crippen LogP contribution in [0, 0.1) is 53.8 Å². The van der Waals surface area contributed by atoms with E-state index in [9.17, 15) is 0 Å². The van der Waals surface area contributed by atoms with E-state index in [1.54, 1.807) is 11.8 Å². The van der Waals surface area contributed by atoms with E-state index in [0.29, 0.717) is 5.92 Å². The van der Waals surface area contributed by atoms with Gasteiger partial charge in [-0.1, -0.05) is 112 Å². The van der Waals surface area contributed by atoms with Gasteiger partial charge in [0.15, 0.2) is 0 Å². The maximum absolute atomic E-state index is 2.62. The normalized spacial score (nSPS) is 26.6. The summed E-state index contributed by atoms with van der Waals surface area (Å²) in [6.07, 6.45) is 18.3. The Hall–Kier alpha value is -1.65. The van der Waals surface area contributed by atoms with Crippen molar-refractivity contribution >= 4 is 18.5 Å². The highest BCUT2D eigenvalue weighted by atomic mass is 31.1. The van der Waals surface area contributed by atoms with Crippen LogP contribution in [0.4, 0.5) is 0 Å². The maximum Gasteiger partial charge on any atom is 0.0164 e. The summed E-state index contributed by atoms with van der Waals surface area (Å²) in [5.74, 6) is 9.30. The van der Waals surface area contributed by atoms with Gasteiger partial charge in [-0.3, -0.25) is 0 Å². The molecule has 0 bridgehead atoms. The average Bonchev–Trinajstić information content (AvgIpc) is 3.24. The Morgan fingerprint density at radius 3 is 2.06 bits per heavy atom. The highest BCUT2D eigenvalue weighted by Gasteiger charge is 2.49. The van der Waals surface area contributed by atoms with Crippen LogP contribution >= 0.6 is 7.92 Å². The van der Waals surface area contributed by atoms with E-state index in [0.717, 1.165) is 24.2 Å². The van der Waals surface area contributed by atoms with Gasteiger partial charge in [-0.05, 0) is 85.9 Å². The summed E-state index contributed by atoms with van der Waals surface area (Å²) in [5, 5.41) is 2.97. The van der Waals surface area contributed by atoms with Crippen molar-refractivity contribution < 1.29 is 0 Å². The molecule has 0 aliphatic heterocycles. The third-order valence-electron chi connectivity index (χ3n) is 8.08. The second-order valence-electron chi connectivity index (χ2n) is 10.7. The van der Waals surface area contributed by atoms with Gasteiger partial charge in [0, 0.05) is 11.8 Å². The zero-order valence-corrected chi connectivity index (χ0v) is 21.8. The minimum atomic E-state index is -0.361. The molecule has 3 aliphatic rings. The fourth-order valence-corrected chi connectivity index (χ4v) is 8.63. The van der Waals surface area contributed by atoms with Crippen molar-refractivity contribution in [3.8, 4) is 0 Å². The summed E-state index contributed by atoms with van der Waals surface area (Å²) >= 11 is 0. The van der Waals surface area contributed by atoms with Crippen LogP contribution in [0.25, 0.3) is 0 Å². The van der Waals surface area contributed by atoms with Crippen molar-refractivity contribution in [2.24, 2.45) is 23.7 Å². The largest absolute Gasteiger partial charge is 0.0759 e. The fourth-order valence-electron chi connectivity index (χ4n) is 6.29. The van der Waals surface area contributed by atoms with Crippen molar-refractivity contribution in [1.29, 1.82) is 0 Å². The second-order valence-corrected chi connectivity index (χ2v) is 13.0. The van der Waals surface area contributed by atoms with Crippen molar-refractivity contribution in [2.45, 2.75) is 46.5 Å². The van der Waals surface area contributed by atoms with Crippen molar-refractivity contribution in [1.82, 2.24) is 0 Å². The molecule has 0 heterocycles. The van der Waals surface area contributed by atoms with Gasteiger partial charge in [0.05, 0.1) is 0 Å². The Kier molecular flexibility index (Phi) is 7.75. The number of rotatable bonds is 7. The molecule has 0 unspecified atom stereocenters. The Balaban J connectivity index is 1.36. The average molecular weight is 466 g/mol. The van der Waals surface area contributed by atoms with Crippen LogP contribution in [0.3, 0.4) is 0 Å². The van der Waals surface area contributed by atoms with Crippen LogP contribution in [0.2, 0.25) is 0 Å². The minimum absolute atomic E-state index is 0.361. The SMILES string of the molecule is CC(C)[C@H]1CC[C@@H](C)C[C@H]1[C]1[CH][C](CCP(c2ccccc2)c2ccccc2)[C]2C=CC=C[C]21. The third kappa shape index (κ3) is 5.14. The lowest BCUT2D eigenvalue weighted by atomic mass is 9.63. The molecule has 2 aromatic carbocycles. The first-order valence-electron chi connectivity index (χ1n) is 13.2. The first-order chi connectivity index (χ1) is 16.6. The lowest BCUT2D eigenvalue weighted by Gasteiger charge is -2.42. The standard InChI is InChI=1S/C33H38P/c1-24(2)29-19-18-25(3)22-32(29)33-23-26(30-16-10-11-17-31(30)33)20-21-34(27-12-6-4-7-13-27)28-14-8-5-9-15-28/h4-17,23-25,29,32H,18-22H2,1-3H3/t25-,29-,32-/m1/s1. The Labute approximate surface area is 209 Å². The van der Waals surface area contributed by atoms with Gasteiger partial charge >= 0.3 is 0 Å². The topological polar surface area (TPSA) is 0 Å². The molecular weight excluding hydrogens is 427 g/mol. The predicted octanol–water partition coefficient (Wildman–Crippen LogP) is 7.86. The van der Waals surface area contributed by atoms with Crippen LogP contribution in [-0.4, -0.2) is 6.16 Å². The summed E-state index contributed by atoms with van der Waals surface area (Å²) in [7, 11) is -0.361. The molecule has 0 saturated heterocycles. The lowest BCUT2D eigenvalue weighted by Crippen LogP contribution is -2.33. The van der Waals surface area contributed by atoms with Gasteiger partial charge in [0.25, 0.3) is 0 Å². The molecule has 2 saturated carbocycles. The maximum atomic E-state index is 2.62. The minimum Gasteiger partial charge on any atom is -0.0759 e. The smallest absolute Gasteiger partial charge is 0.0164 e. The number of benzene rings is 2. The van der Waals surface area contributed by atoms with E-state index in [2.05, 4.69) is 112 Å². The zero-order valence-electron chi connectivity index (χ0n) is 21.0. The van der Waals surface area contributed by atoms with Crippen LogP contribution in [0.1, 0.15) is 46.5 Å². The first-order valence-corrected chi connectivity index (χ1v) is 14.7. The molecule has 0 N–H and O–H groups in total. The van der Waals surface area contributed by atoms with E-state index < -0.39 is 0 Å². The summed E-state index contributed by atoms with van der Waals surface area (Å²) in [5.41, 5.74) is 0.